The van der Waals surface area contributed by atoms with E-state index in [2.05, 4.69) is 0 Å². The molecule has 3 aromatic rings. The number of nitrogens with zero attached hydrogens (tertiary/aromatic N) is 1. The lowest BCUT2D eigenvalue weighted by Gasteiger charge is -2.27. The highest BCUT2D eigenvalue weighted by Gasteiger charge is 2.44. The second-order valence-electron chi connectivity index (χ2n) is 8.47. The summed E-state index contributed by atoms with van der Waals surface area (Å²) in [4.78, 5) is 40.5. The average molecular weight is 476 g/mol. The van der Waals surface area contributed by atoms with Gasteiger partial charge < -0.3 is 14.7 Å². The minimum Gasteiger partial charge on any atom is -0.503 e. The third kappa shape index (κ3) is 4.65. The summed E-state index contributed by atoms with van der Waals surface area (Å²) in [5.41, 5.74) is 2.97. The number of aryl methyl sites for hydroxylation is 1. The average Bonchev–Trinajstić information content (AvgIpc) is 3.42. The lowest BCUT2D eigenvalue weighted by Crippen LogP contribution is -2.30. The molecule has 4 rings (SSSR count). The van der Waals surface area contributed by atoms with E-state index in [9.17, 15) is 19.5 Å². The van der Waals surface area contributed by atoms with Crippen molar-refractivity contribution in [1.82, 2.24) is 4.90 Å². The highest BCUT2D eigenvalue weighted by molar-refractivity contribution is 7.12. The molecule has 1 amide bonds. The van der Waals surface area contributed by atoms with E-state index in [-0.39, 0.29) is 24.0 Å². The van der Waals surface area contributed by atoms with Crippen molar-refractivity contribution in [2.24, 2.45) is 0 Å². The van der Waals surface area contributed by atoms with Gasteiger partial charge in [0, 0.05) is 6.54 Å². The SMILES string of the molecule is Cc1cccc(C2C(C(=O)c3cccs3)=C(O)C(=O)N2Cc2ccc(C(=O)OC(C)C)cc2)c1. The largest absolute Gasteiger partial charge is 0.503 e. The van der Waals surface area contributed by atoms with E-state index in [1.54, 1.807) is 55.6 Å². The number of thiophene rings is 1. The van der Waals surface area contributed by atoms with E-state index in [4.69, 9.17) is 4.74 Å². The van der Waals surface area contributed by atoms with Crippen molar-refractivity contribution in [3.8, 4) is 0 Å². The van der Waals surface area contributed by atoms with Crippen LogP contribution >= 0.6 is 11.3 Å². The van der Waals surface area contributed by atoms with Crippen LogP contribution in [0, 0.1) is 6.92 Å². The number of aliphatic hydroxyl groups excluding tert-OH is 1. The summed E-state index contributed by atoms with van der Waals surface area (Å²) in [6.45, 7) is 5.66. The van der Waals surface area contributed by atoms with E-state index in [1.807, 2.05) is 31.2 Å². The molecule has 1 aliphatic heterocycles. The maximum atomic E-state index is 13.3. The second kappa shape index (κ2) is 9.65. The molecule has 1 unspecified atom stereocenters. The van der Waals surface area contributed by atoms with Crippen LogP contribution < -0.4 is 0 Å². The van der Waals surface area contributed by atoms with Crippen molar-refractivity contribution >= 4 is 29.0 Å². The van der Waals surface area contributed by atoms with Crippen LogP contribution in [0.2, 0.25) is 0 Å². The number of carbonyl (C=O) groups excluding carboxylic acids is 3. The van der Waals surface area contributed by atoms with Crippen molar-refractivity contribution in [1.29, 1.82) is 0 Å². The van der Waals surface area contributed by atoms with Crippen LogP contribution in [0.4, 0.5) is 0 Å². The predicted octanol–water partition coefficient (Wildman–Crippen LogP) is 5.40. The smallest absolute Gasteiger partial charge is 0.338 e. The Morgan fingerprint density at radius 1 is 1.09 bits per heavy atom. The number of ether oxygens (including phenoxy) is 1. The van der Waals surface area contributed by atoms with Gasteiger partial charge in [0.15, 0.2) is 5.76 Å². The first-order chi connectivity index (χ1) is 16.3. The van der Waals surface area contributed by atoms with Gasteiger partial charge in [-0.15, -0.1) is 11.3 Å². The van der Waals surface area contributed by atoms with Crippen LogP contribution in [0.25, 0.3) is 0 Å². The number of hydrogen-bond acceptors (Lipinski definition) is 6. The maximum Gasteiger partial charge on any atom is 0.338 e. The van der Waals surface area contributed by atoms with E-state index >= 15 is 0 Å². The highest BCUT2D eigenvalue weighted by Crippen LogP contribution is 2.40. The molecule has 1 atom stereocenters. The van der Waals surface area contributed by atoms with Crippen LogP contribution in [0.15, 0.2) is 77.4 Å². The molecule has 0 radical (unpaired) electrons. The summed E-state index contributed by atoms with van der Waals surface area (Å²) in [7, 11) is 0. The summed E-state index contributed by atoms with van der Waals surface area (Å²) in [5.74, 6) is -1.90. The first kappa shape index (κ1) is 23.4. The molecule has 174 valence electrons. The summed E-state index contributed by atoms with van der Waals surface area (Å²) in [5, 5.41) is 12.6. The van der Waals surface area contributed by atoms with Gasteiger partial charge in [0.25, 0.3) is 5.91 Å². The molecule has 0 aliphatic carbocycles. The zero-order valence-corrected chi connectivity index (χ0v) is 20.0. The zero-order valence-electron chi connectivity index (χ0n) is 19.1. The summed E-state index contributed by atoms with van der Waals surface area (Å²) >= 11 is 1.27. The van der Waals surface area contributed by atoms with E-state index < -0.39 is 23.7 Å². The fourth-order valence-corrected chi connectivity index (χ4v) is 4.68. The topological polar surface area (TPSA) is 83.9 Å². The lowest BCUT2D eigenvalue weighted by molar-refractivity contribution is -0.130. The standard InChI is InChI=1S/C27H25NO5S/c1-16(2)33-27(32)19-11-9-18(10-12-19)15-28-23(20-7-4-6-17(3)14-20)22(25(30)26(28)31)24(29)21-8-5-13-34-21/h4-14,16,23,30H,15H2,1-3H3. The molecule has 0 bridgehead atoms. The molecule has 0 spiro atoms. The Morgan fingerprint density at radius 3 is 2.44 bits per heavy atom. The van der Waals surface area contributed by atoms with Gasteiger partial charge in [-0.1, -0.05) is 48.0 Å². The normalized spacial score (nSPS) is 15.8. The Morgan fingerprint density at radius 2 is 1.82 bits per heavy atom. The number of benzene rings is 2. The third-order valence-corrected chi connectivity index (χ3v) is 6.41. The van der Waals surface area contributed by atoms with Gasteiger partial charge in [-0.3, -0.25) is 9.59 Å². The molecule has 7 heteroatoms. The molecule has 2 heterocycles. The van der Waals surface area contributed by atoms with Crippen molar-refractivity contribution in [2.75, 3.05) is 0 Å². The molecule has 0 saturated heterocycles. The Labute approximate surface area is 202 Å². The van der Waals surface area contributed by atoms with Crippen molar-refractivity contribution < 1.29 is 24.2 Å². The fourth-order valence-electron chi connectivity index (χ4n) is 4.00. The second-order valence-corrected chi connectivity index (χ2v) is 9.42. The number of Topliss-reactive ketones (excluding diaryl/α,β-unsaturated/α-hetero) is 1. The number of amides is 1. The molecular weight excluding hydrogens is 450 g/mol. The zero-order chi connectivity index (χ0) is 24.4. The van der Waals surface area contributed by atoms with E-state index in [0.717, 1.165) is 16.7 Å². The van der Waals surface area contributed by atoms with Gasteiger partial charge in [-0.2, -0.15) is 0 Å². The van der Waals surface area contributed by atoms with Gasteiger partial charge in [0.2, 0.25) is 5.78 Å². The van der Waals surface area contributed by atoms with Crippen LogP contribution in [-0.2, 0) is 16.1 Å². The van der Waals surface area contributed by atoms with Crippen molar-refractivity contribution in [2.45, 2.75) is 39.5 Å². The summed E-state index contributed by atoms with van der Waals surface area (Å²) < 4.78 is 5.22. The molecule has 1 aromatic heterocycles. The summed E-state index contributed by atoms with van der Waals surface area (Å²) in [6, 6.07) is 17.1. The third-order valence-electron chi connectivity index (χ3n) is 5.54. The maximum absolute atomic E-state index is 13.3. The van der Waals surface area contributed by atoms with Crippen LogP contribution in [0.3, 0.4) is 0 Å². The molecular formula is C27H25NO5S. The van der Waals surface area contributed by atoms with Gasteiger partial charge in [-0.25, -0.2) is 4.79 Å². The van der Waals surface area contributed by atoms with Gasteiger partial charge in [-0.05, 0) is 55.5 Å². The van der Waals surface area contributed by atoms with Crippen LogP contribution in [0.1, 0.15) is 56.6 Å². The molecule has 6 nitrogen and oxygen atoms in total. The molecule has 34 heavy (non-hydrogen) atoms. The van der Waals surface area contributed by atoms with Gasteiger partial charge in [0.1, 0.15) is 0 Å². The van der Waals surface area contributed by atoms with Crippen LogP contribution in [0.5, 0.6) is 0 Å². The molecule has 1 aliphatic rings. The Balaban J connectivity index is 1.68. The lowest BCUT2D eigenvalue weighted by atomic mass is 9.94. The number of aliphatic hydroxyl groups is 1. The highest BCUT2D eigenvalue weighted by atomic mass is 32.1. The first-order valence-electron chi connectivity index (χ1n) is 10.9. The predicted molar refractivity (Wildman–Crippen MR) is 130 cm³/mol. The number of esters is 1. The fraction of sp³-hybridized carbons (Fsp3) is 0.222. The van der Waals surface area contributed by atoms with E-state index in [1.165, 1.54) is 16.2 Å². The van der Waals surface area contributed by atoms with Crippen molar-refractivity contribution in [3.05, 3.63) is 105 Å². The quantitative estimate of drug-likeness (QED) is 0.365. The molecule has 0 saturated carbocycles. The first-order valence-corrected chi connectivity index (χ1v) is 11.8. The number of hydrogen-bond donors (Lipinski definition) is 1. The monoisotopic (exact) mass is 475 g/mol. The Kier molecular flexibility index (Phi) is 6.65. The number of carbonyl (C=O) groups is 3. The Bertz CT molecular complexity index is 1260. The molecule has 2 aromatic carbocycles. The molecule has 1 N–H and O–H groups in total. The minimum atomic E-state index is -0.729. The number of rotatable bonds is 7. The van der Waals surface area contributed by atoms with Crippen molar-refractivity contribution in [3.63, 3.8) is 0 Å². The van der Waals surface area contributed by atoms with E-state index in [0.29, 0.717) is 10.4 Å². The Hall–Kier alpha value is -3.71. The number of ketones is 1. The van der Waals surface area contributed by atoms with Gasteiger partial charge >= 0.3 is 5.97 Å². The summed E-state index contributed by atoms with van der Waals surface area (Å²) in [6.07, 6.45) is -0.224. The molecule has 0 fully saturated rings. The minimum absolute atomic E-state index is 0.0789. The van der Waals surface area contributed by atoms with Gasteiger partial charge in [0.05, 0.1) is 28.2 Å². The van der Waals surface area contributed by atoms with Crippen LogP contribution in [-0.4, -0.2) is 33.8 Å².